The van der Waals surface area contributed by atoms with Crippen molar-refractivity contribution in [3.63, 3.8) is 0 Å². The number of hydrogen-bond acceptors (Lipinski definition) is 5. The largest absolute Gasteiger partial charge is 0.464 e. The number of alkyl halides is 8. The minimum atomic E-state index is -5.18. The Morgan fingerprint density at radius 3 is 1.94 bits per heavy atom. The molecule has 20 heteroatoms. The van der Waals surface area contributed by atoms with Crippen molar-refractivity contribution in [2.75, 3.05) is 15.5 Å². The fraction of sp³-hybridized carbons (Fsp3) is 0.290. The molecule has 4 rings (SSSR count). The second-order valence-electron chi connectivity index (χ2n) is 12.0. The van der Waals surface area contributed by atoms with Gasteiger partial charge in [-0.1, -0.05) is 11.6 Å². The van der Waals surface area contributed by atoms with Gasteiger partial charge in [-0.25, -0.2) is 18.4 Å². The monoisotopic (exact) mass is 789 g/mol. The number of benzene rings is 3. The predicted octanol–water partition coefficient (Wildman–Crippen LogP) is 9.85. The van der Waals surface area contributed by atoms with Crippen LogP contribution in [0.15, 0.2) is 48.5 Å². The van der Waals surface area contributed by atoms with Gasteiger partial charge in [-0.3, -0.25) is 9.59 Å². The molecule has 1 aliphatic rings. The topological polar surface area (TPSA) is 125 Å². The lowest BCUT2D eigenvalue weighted by molar-refractivity contribution is -0.143. The molecule has 2 atom stereocenters. The molecule has 0 aromatic heterocycles. The number of carbonyl (C=O) groups excluding carboxylic acids is 3. The minimum absolute atomic E-state index is 0.104. The lowest BCUT2D eigenvalue weighted by atomic mass is 10.0. The van der Waals surface area contributed by atoms with E-state index in [4.69, 9.17) is 39.5 Å². The summed E-state index contributed by atoms with van der Waals surface area (Å²) in [6, 6.07) is 5.09. The second-order valence-corrected chi connectivity index (χ2v) is 13.8. The van der Waals surface area contributed by atoms with Crippen molar-refractivity contribution >= 4 is 75.9 Å². The van der Waals surface area contributed by atoms with Gasteiger partial charge in [-0.2, -0.15) is 31.2 Å². The summed E-state index contributed by atoms with van der Waals surface area (Å²) in [5.41, 5.74) is -8.11. The first-order chi connectivity index (χ1) is 23.2. The van der Waals surface area contributed by atoms with Crippen molar-refractivity contribution in [3.05, 3.63) is 87.4 Å². The number of amides is 4. The van der Waals surface area contributed by atoms with E-state index in [0.717, 1.165) is 18.2 Å². The zero-order valence-electron chi connectivity index (χ0n) is 25.9. The van der Waals surface area contributed by atoms with Crippen LogP contribution in [0.1, 0.15) is 53.7 Å². The van der Waals surface area contributed by atoms with Crippen molar-refractivity contribution in [1.82, 2.24) is 0 Å². The van der Waals surface area contributed by atoms with Gasteiger partial charge in [-0.15, -0.1) is 23.2 Å². The number of anilines is 3. The average Bonchev–Trinajstić information content (AvgIpc) is 3.56. The summed E-state index contributed by atoms with van der Waals surface area (Å²) in [6.07, 6.45) is -14.2. The maximum absolute atomic E-state index is 15.5. The summed E-state index contributed by atoms with van der Waals surface area (Å²) in [4.78, 5) is 50.2. The molecule has 1 fully saturated rings. The van der Waals surface area contributed by atoms with E-state index in [-0.39, 0.29) is 21.7 Å². The van der Waals surface area contributed by atoms with Gasteiger partial charge < -0.3 is 20.5 Å². The lowest BCUT2D eigenvalue weighted by Crippen LogP contribution is -2.41. The Morgan fingerprint density at radius 1 is 0.863 bits per heavy atom. The van der Waals surface area contributed by atoms with Gasteiger partial charge in [0, 0.05) is 11.6 Å². The van der Waals surface area contributed by atoms with Gasteiger partial charge >= 0.3 is 24.5 Å². The van der Waals surface area contributed by atoms with Crippen LogP contribution in [0.4, 0.5) is 61.8 Å². The Kier molecular flexibility index (Phi) is 10.6. The first kappa shape index (κ1) is 39.4. The molecule has 0 radical (unpaired) electrons. The molecule has 0 spiro atoms. The van der Waals surface area contributed by atoms with Crippen LogP contribution in [-0.4, -0.2) is 39.0 Å². The fourth-order valence-corrected chi connectivity index (χ4v) is 5.86. The number of imide groups is 1. The Labute approximate surface area is 297 Å². The average molecular weight is 791 g/mol. The predicted molar refractivity (Wildman–Crippen MR) is 168 cm³/mol. The standard InChI is InChI=1S/C31H22Cl3F8N3O6/c1-28(2,3)51-27(50)45(26(48)49)23-18(35)6-7-19(22(23)36)44-24(46)16-11-15(4-5-17(16)32)43-25(47)21-20(29(21,33)34)12-8-13(30(37,38)39)10-14(9-12)31(40,41)42/h4-11,20-21H,1-3H3,(H,43,47)(H,44,46)(H,48,49). The van der Waals surface area contributed by atoms with E-state index in [1.54, 1.807) is 0 Å². The first-order valence-corrected chi connectivity index (χ1v) is 15.2. The quantitative estimate of drug-likeness (QED) is 0.169. The van der Waals surface area contributed by atoms with Crippen LogP contribution in [0.2, 0.25) is 5.02 Å². The highest BCUT2D eigenvalue weighted by Gasteiger charge is 2.68. The van der Waals surface area contributed by atoms with E-state index in [2.05, 4.69) is 5.32 Å². The molecular formula is C31H22Cl3F8N3O6. The number of rotatable bonds is 6. The Morgan fingerprint density at radius 2 is 1.43 bits per heavy atom. The number of halogens is 11. The van der Waals surface area contributed by atoms with Crippen molar-refractivity contribution < 1.29 is 64.1 Å². The number of carbonyl (C=O) groups is 4. The van der Waals surface area contributed by atoms with E-state index in [1.165, 1.54) is 20.8 Å². The highest BCUT2D eigenvalue weighted by atomic mass is 35.5. The summed E-state index contributed by atoms with van der Waals surface area (Å²) in [5.74, 6) is -8.61. The van der Waals surface area contributed by atoms with Gasteiger partial charge in [0.25, 0.3) is 5.91 Å². The third kappa shape index (κ3) is 8.59. The molecule has 1 saturated carbocycles. The van der Waals surface area contributed by atoms with Crippen LogP contribution in [0.3, 0.4) is 0 Å². The summed E-state index contributed by atoms with van der Waals surface area (Å²) in [5, 5.41) is 13.5. The second kappa shape index (κ2) is 13.7. The van der Waals surface area contributed by atoms with E-state index in [9.17, 15) is 55.0 Å². The smallest absolute Gasteiger partial charge is 0.424 e. The fourth-order valence-electron chi connectivity index (χ4n) is 4.83. The van der Waals surface area contributed by atoms with Gasteiger partial charge in [0.2, 0.25) is 5.91 Å². The van der Waals surface area contributed by atoms with Crippen LogP contribution in [0, 0.1) is 17.6 Å². The summed E-state index contributed by atoms with van der Waals surface area (Å²) in [6.45, 7) is 4.09. The van der Waals surface area contributed by atoms with Gasteiger partial charge in [0.05, 0.1) is 33.3 Å². The van der Waals surface area contributed by atoms with Crippen molar-refractivity contribution in [2.24, 2.45) is 5.92 Å². The van der Waals surface area contributed by atoms with Gasteiger partial charge in [0.1, 0.15) is 15.6 Å². The highest BCUT2D eigenvalue weighted by Crippen LogP contribution is 2.65. The molecule has 3 aromatic rings. The molecular weight excluding hydrogens is 769 g/mol. The van der Waals surface area contributed by atoms with Crippen LogP contribution in [0.25, 0.3) is 0 Å². The molecule has 2 unspecified atom stereocenters. The summed E-state index contributed by atoms with van der Waals surface area (Å²) >= 11 is 18.4. The van der Waals surface area contributed by atoms with E-state index in [0.29, 0.717) is 24.3 Å². The molecule has 4 amide bonds. The molecule has 0 heterocycles. The first-order valence-electron chi connectivity index (χ1n) is 14.1. The van der Waals surface area contributed by atoms with Crippen LogP contribution >= 0.6 is 34.8 Å². The van der Waals surface area contributed by atoms with Gasteiger partial charge in [-0.05, 0) is 74.9 Å². The summed E-state index contributed by atoms with van der Waals surface area (Å²) < 4.78 is 113. The number of nitrogens with zero attached hydrogens (tertiary/aromatic N) is 1. The molecule has 0 bridgehead atoms. The molecule has 3 N–H and O–H groups in total. The molecule has 274 valence electrons. The summed E-state index contributed by atoms with van der Waals surface area (Å²) in [7, 11) is 0. The molecule has 9 nitrogen and oxygen atoms in total. The van der Waals surface area contributed by atoms with Crippen LogP contribution in [0.5, 0.6) is 0 Å². The number of nitrogens with one attached hydrogen (secondary N) is 2. The third-order valence-electron chi connectivity index (χ3n) is 7.09. The number of ether oxygens (including phenoxy) is 1. The SMILES string of the molecule is CC(C)(C)OC(=O)N(C(=O)O)c1c(F)ccc(NC(=O)c2cc(NC(=O)C3C(c4cc(C(F)(F)F)cc(C(F)(F)F)c4)C3(Cl)Cl)ccc2Cl)c1F. The minimum Gasteiger partial charge on any atom is -0.464 e. The molecule has 1 aliphatic carbocycles. The molecule has 3 aromatic carbocycles. The van der Waals surface area contributed by atoms with Crippen molar-refractivity contribution in [3.8, 4) is 0 Å². The number of hydrogen-bond donors (Lipinski definition) is 3. The normalized spacial score (nSPS) is 17.0. The van der Waals surface area contributed by atoms with Gasteiger partial charge in [0.15, 0.2) is 11.6 Å². The zero-order chi connectivity index (χ0) is 38.6. The maximum Gasteiger partial charge on any atom is 0.424 e. The third-order valence-corrected chi connectivity index (χ3v) is 8.36. The molecule has 51 heavy (non-hydrogen) atoms. The zero-order valence-corrected chi connectivity index (χ0v) is 28.1. The lowest BCUT2D eigenvalue weighted by Gasteiger charge is -2.25. The van der Waals surface area contributed by atoms with E-state index in [1.807, 2.05) is 5.32 Å². The van der Waals surface area contributed by atoms with E-state index < -0.39 is 103 Å². The Balaban J connectivity index is 1.59. The Bertz CT molecular complexity index is 1900. The highest BCUT2D eigenvalue weighted by molar-refractivity contribution is 6.53. The number of carboxylic acid groups (broad SMARTS) is 1. The van der Waals surface area contributed by atoms with Crippen molar-refractivity contribution in [1.29, 1.82) is 0 Å². The maximum atomic E-state index is 15.5. The molecule has 0 saturated heterocycles. The van der Waals surface area contributed by atoms with Crippen molar-refractivity contribution in [2.45, 2.75) is 49.0 Å². The Hall–Kier alpha value is -4.35. The van der Waals surface area contributed by atoms with Crippen LogP contribution < -0.4 is 15.5 Å². The van der Waals surface area contributed by atoms with E-state index >= 15 is 4.39 Å². The molecule has 0 aliphatic heterocycles. The van der Waals surface area contributed by atoms with Crippen LogP contribution in [-0.2, 0) is 21.9 Å².